The predicted molar refractivity (Wildman–Crippen MR) is 158 cm³/mol. The Balaban J connectivity index is 8.13. The van der Waals surface area contributed by atoms with Gasteiger partial charge < -0.3 is 39.4 Å². The minimum absolute atomic E-state index is 2.00. The zero-order chi connectivity index (χ0) is 62.1. The number of hydrogen-bond acceptors (Lipinski definition) is 12. The van der Waals surface area contributed by atoms with Crippen LogP contribution in [-0.2, 0) is 37.9 Å². The summed E-state index contributed by atoms with van der Waals surface area (Å²) in [4.78, 5) is 0. The lowest BCUT2D eigenvalue weighted by atomic mass is 9.92. The largest absolute Gasteiger partial charge is 0.428 e. The molecule has 0 heterocycles. The molecule has 12 nitrogen and oxygen atoms in total. The van der Waals surface area contributed by atoms with Crippen LogP contribution in [0.1, 0.15) is 0 Å². The summed E-state index contributed by atoms with van der Waals surface area (Å²) in [6.07, 6.45) is -82.9. The third-order valence-corrected chi connectivity index (χ3v) is 8.44. The fourth-order valence-electron chi connectivity index (χ4n) is 3.85. The molecule has 77 heavy (non-hydrogen) atoms. The fraction of sp³-hybridized carbons (Fsp3) is 1.00. The first-order chi connectivity index (χ1) is 33.6. The van der Waals surface area contributed by atoms with Gasteiger partial charge in [-0.05, 0) is 0 Å². The summed E-state index contributed by atoms with van der Waals surface area (Å²) in [7, 11) is 0. The molecule has 0 saturated heterocycles. The van der Waals surface area contributed by atoms with Crippen molar-refractivity contribution < 1.29 is 216 Å². The highest BCUT2D eigenvalue weighted by molar-refractivity contribution is 4.95. The molecule has 4 unspecified atom stereocenters. The Hall–Kier alpha value is -3.00. The number of aliphatic hydroxyl groups is 4. The van der Waals surface area contributed by atoms with E-state index in [-0.39, 0.29) is 0 Å². The zero-order valence-corrected chi connectivity index (χ0v) is 35.1. The molecule has 0 saturated carbocycles. The number of alkyl halides is 36. The summed E-state index contributed by atoms with van der Waals surface area (Å²) in [5.74, 6) is -56.3. The van der Waals surface area contributed by atoms with Crippen LogP contribution in [0.2, 0.25) is 0 Å². The first kappa shape index (κ1) is 74.0. The molecule has 0 aliphatic heterocycles. The van der Waals surface area contributed by atoms with Crippen molar-refractivity contribution in [3.05, 3.63) is 0 Å². The molecule has 0 aromatic heterocycles. The maximum atomic E-state index is 14.7. The molecule has 4 N–H and O–H groups in total. The Bertz CT molecular complexity index is 1610. The van der Waals surface area contributed by atoms with Crippen molar-refractivity contribution in [2.45, 2.75) is 122 Å². The van der Waals surface area contributed by atoms with Gasteiger partial charge in [0.1, 0.15) is 26.4 Å². The van der Waals surface area contributed by atoms with E-state index >= 15 is 0 Å². The minimum atomic E-state index is -7.52. The van der Waals surface area contributed by atoms with Gasteiger partial charge in [0.25, 0.3) is 25.4 Å². The molecule has 0 aliphatic rings. The van der Waals surface area contributed by atoms with Gasteiger partial charge >= 0.3 is 96.2 Å². The molecule has 0 aromatic rings. The van der Waals surface area contributed by atoms with E-state index in [1.165, 1.54) is 0 Å². The van der Waals surface area contributed by atoms with Gasteiger partial charge in [0.15, 0.2) is 0 Å². The van der Waals surface area contributed by atoms with Gasteiger partial charge in [0, 0.05) is 0 Å². The molecule has 0 fully saturated rings. The quantitative estimate of drug-likeness (QED) is 0.0443. The lowest BCUT2D eigenvalue weighted by molar-refractivity contribution is -0.465. The van der Waals surface area contributed by atoms with Crippen LogP contribution in [0.25, 0.3) is 0 Å². The van der Waals surface area contributed by atoms with E-state index in [0.29, 0.717) is 0 Å². The second-order valence-electron chi connectivity index (χ2n) is 14.5. The Labute approximate surface area is 397 Å². The normalized spacial score (nSPS) is 18.1. The predicted octanol–water partition coefficient (Wildman–Crippen LogP) is 9.08. The highest BCUT2D eigenvalue weighted by Gasteiger charge is 2.78. The van der Waals surface area contributed by atoms with Crippen LogP contribution in [0.5, 0.6) is 0 Å². The molecule has 48 heteroatoms. The highest BCUT2D eigenvalue weighted by atomic mass is 19.4. The average molecular weight is 1250 g/mol. The van der Waals surface area contributed by atoms with Crippen molar-refractivity contribution in [3.63, 3.8) is 0 Å². The van der Waals surface area contributed by atoms with E-state index in [1.807, 2.05) is 18.9 Å². The van der Waals surface area contributed by atoms with Gasteiger partial charge in [-0.25, -0.2) is 17.6 Å². The summed E-state index contributed by atoms with van der Waals surface area (Å²) in [5.41, 5.74) is -5.39. The van der Waals surface area contributed by atoms with Crippen molar-refractivity contribution in [2.75, 3.05) is 52.9 Å². The average Bonchev–Trinajstić information content (AvgIpc) is 3.27. The smallest absolute Gasteiger partial charge is 0.390 e. The van der Waals surface area contributed by atoms with E-state index in [2.05, 4.69) is 18.9 Å². The van der Waals surface area contributed by atoms with E-state index in [1.54, 1.807) is 0 Å². The highest BCUT2D eigenvalue weighted by Crippen LogP contribution is 2.52. The second-order valence-corrected chi connectivity index (χ2v) is 14.5. The van der Waals surface area contributed by atoms with Crippen LogP contribution in [-0.4, -0.2) is 195 Å². The molecular weight excluding hydrogens is 1220 g/mol. The van der Waals surface area contributed by atoms with E-state index in [0.717, 1.165) is 0 Å². The standard InChI is InChI=1S/C29H24F36O12/c30-9(74-26(58,59)22(50,51)14(34,35)1-66)18(42,43)70-5-13(6-71-19(44,45)10(31)75-27(60,61)23(52,53)15(36,37)2-67,7-72-20(46,47)11(32)76-28(62,63)24(54,55)16(38,39)3-68)8-73-21(48,49)12(33)77-29(64,65)25(56,57)17(40,41)4-69/h9-12,66-69H,1-8H2. The van der Waals surface area contributed by atoms with Gasteiger partial charge in [-0.15, -0.1) is 0 Å². The summed E-state index contributed by atoms with van der Waals surface area (Å²) in [6.45, 7) is -29.5. The third kappa shape index (κ3) is 15.7. The number of ether oxygens (including phenoxy) is 8. The fourth-order valence-corrected chi connectivity index (χ4v) is 3.85. The van der Waals surface area contributed by atoms with E-state index in [4.69, 9.17) is 20.4 Å². The Kier molecular flexibility index (Phi) is 22.5. The SMILES string of the molecule is OCC(F)(F)C(F)(F)C(F)(F)OC(F)C(F)(F)OCC(COC(F)(F)C(F)OC(F)(F)C(F)(F)C(F)(F)CO)(COC(F)(F)C(F)OC(F)(F)C(F)(F)C(F)(F)CO)COC(F)(F)C(F)OC(F)(F)C(F)(F)C(F)(F)CO. The number of halogens is 36. The van der Waals surface area contributed by atoms with Crippen LogP contribution in [0.4, 0.5) is 158 Å². The molecule has 0 rings (SSSR count). The van der Waals surface area contributed by atoms with Crippen molar-refractivity contribution in [2.24, 2.45) is 5.41 Å². The van der Waals surface area contributed by atoms with Crippen LogP contribution in [0, 0.1) is 5.41 Å². The monoisotopic (exact) mass is 1250 g/mol. The first-order valence-corrected chi connectivity index (χ1v) is 17.9. The Morgan fingerprint density at radius 2 is 0.377 bits per heavy atom. The Morgan fingerprint density at radius 3 is 0.494 bits per heavy atom. The summed E-state index contributed by atoms with van der Waals surface area (Å²) >= 11 is 0. The number of aliphatic hydroxyl groups excluding tert-OH is 4. The molecule has 0 bridgehead atoms. The molecule has 464 valence electrons. The first-order valence-electron chi connectivity index (χ1n) is 17.9. The van der Waals surface area contributed by atoms with Gasteiger partial charge in [0.05, 0.1) is 31.8 Å². The van der Waals surface area contributed by atoms with Gasteiger partial charge in [-0.1, -0.05) is 0 Å². The van der Waals surface area contributed by atoms with Crippen molar-refractivity contribution in [1.29, 1.82) is 0 Å². The summed E-state index contributed by atoms with van der Waals surface area (Å²) in [5, 5.41) is 32.7. The third-order valence-electron chi connectivity index (χ3n) is 8.44. The van der Waals surface area contributed by atoms with Crippen molar-refractivity contribution >= 4 is 0 Å². The van der Waals surface area contributed by atoms with E-state index < -0.39 is 180 Å². The minimum Gasteiger partial charge on any atom is -0.390 e. The van der Waals surface area contributed by atoms with Crippen molar-refractivity contribution in [3.8, 4) is 0 Å². The summed E-state index contributed by atoms with van der Waals surface area (Å²) < 4.78 is 520. The second kappa shape index (κ2) is 23.5. The van der Waals surface area contributed by atoms with Crippen LogP contribution >= 0.6 is 0 Å². The maximum absolute atomic E-state index is 14.7. The molecule has 4 atom stereocenters. The number of hydrogen-bond donors (Lipinski definition) is 4. The van der Waals surface area contributed by atoms with Crippen LogP contribution in [0.3, 0.4) is 0 Å². The lowest BCUT2D eigenvalue weighted by Crippen LogP contribution is -2.60. The van der Waals surface area contributed by atoms with Gasteiger partial charge in [-0.3, -0.25) is 18.9 Å². The molecule has 0 radical (unpaired) electrons. The van der Waals surface area contributed by atoms with Gasteiger partial charge in [0.2, 0.25) is 0 Å². The van der Waals surface area contributed by atoms with Crippen LogP contribution < -0.4 is 0 Å². The molecule has 0 amide bonds. The molecular formula is C29H24F36O12. The zero-order valence-electron chi connectivity index (χ0n) is 35.1. The molecule has 0 spiro atoms. The number of rotatable bonds is 36. The van der Waals surface area contributed by atoms with E-state index in [9.17, 15) is 158 Å². The van der Waals surface area contributed by atoms with Crippen molar-refractivity contribution in [1.82, 2.24) is 0 Å². The summed E-state index contributed by atoms with van der Waals surface area (Å²) in [6, 6.07) is 0. The van der Waals surface area contributed by atoms with Crippen LogP contribution in [0.15, 0.2) is 0 Å². The topological polar surface area (TPSA) is 155 Å². The molecule has 0 aromatic carbocycles. The lowest BCUT2D eigenvalue weighted by Gasteiger charge is -2.39. The maximum Gasteiger partial charge on any atom is 0.428 e. The Morgan fingerprint density at radius 1 is 0.247 bits per heavy atom. The molecule has 0 aliphatic carbocycles. The van der Waals surface area contributed by atoms with Gasteiger partial charge in [-0.2, -0.15) is 140 Å².